The smallest absolute Gasteiger partial charge is 0.362 e. The lowest BCUT2D eigenvalue weighted by atomic mass is 10.2. The van der Waals surface area contributed by atoms with Crippen LogP contribution >= 0.6 is 7.80 Å². The van der Waals surface area contributed by atoms with Gasteiger partial charge in [-0.1, -0.05) is 30.9 Å². The molecule has 0 aliphatic rings. The number of rotatable bonds is 8. The minimum absolute atomic E-state index is 0.163. The van der Waals surface area contributed by atoms with Crippen LogP contribution in [-0.4, -0.2) is 24.3 Å². The van der Waals surface area contributed by atoms with Crippen molar-refractivity contribution < 1.29 is 18.9 Å². The van der Waals surface area contributed by atoms with Gasteiger partial charge in [0.25, 0.3) is 0 Å². The summed E-state index contributed by atoms with van der Waals surface area (Å²) in [6.45, 7) is 6.91. The molecule has 0 fully saturated rings. The zero-order chi connectivity index (χ0) is 13.3. The standard InChI is InChI=1S/C12H20O4P/c1-4-5-6-7-8-17(15)9-11(13)16-12(14)10(2)3/h2,4-9H2,1,3H3/q+1. The highest BCUT2D eigenvalue weighted by atomic mass is 31.1. The van der Waals surface area contributed by atoms with E-state index >= 15 is 0 Å². The molecule has 0 rings (SSSR count). The predicted molar refractivity (Wildman–Crippen MR) is 67.4 cm³/mol. The second-order valence-electron chi connectivity index (χ2n) is 3.97. The summed E-state index contributed by atoms with van der Waals surface area (Å²) in [4.78, 5) is 22.2. The van der Waals surface area contributed by atoms with Gasteiger partial charge in [-0.15, -0.1) is 0 Å². The van der Waals surface area contributed by atoms with Crippen molar-refractivity contribution in [3.63, 3.8) is 0 Å². The molecule has 5 heteroatoms. The van der Waals surface area contributed by atoms with E-state index in [1.54, 1.807) is 0 Å². The predicted octanol–water partition coefficient (Wildman–Crippen LogP) is 3.04. The first-order chi connectivity index (χ1) is 7.97. The maximum absolute atomic E-state index is 11.5. The molecule has 0 saturated carbocycles. The van der Waals surface area contributed by atoms with Crippen LogP contribution < -0.4 is 0 Å². The van der Waals surface area contributed by atoms with E-state index in [0.717, 1.165) is 25.7 Å². The van der Waals surface area contributed by atoms with Gasteiger partial charge in [0.05, 0.1) is 0 Å². The maximum atomic E-state index is 11.5. The van der Waals surface area contributed by atoms with Crippen molar-refractivity contribution in [3.8, 4) is 0 Å². The lowest BCUT2D eigenvalue weighted by molar-refractivity contribution is -0.154. The van der Waals surface area contributed by atoms with Crippen LogP contribution in [0.4, 0.5) is 0 Å². The summed E-state index contributed by atoms with van der Waals surface area (Å²) in [5.41, 5.74) is 0.163. The van der Waals surface area contributed by atoms with Crippen molar-refractivity contribution in [1.29, 1.82) is 0 Å². The first-order valence-corrected chi connectivity index (χ1v) is 7.43. The Morgan fingerprint density at radius 3 is 2.41 bits per heavy atom. The first kappa shape index (κ1) is 16.0. The van der Waals surface area contributed by atoms with Crippen LogP contribution in [0.1, 0.15) is 39.5 Å². The number of hydrogen-bond acceptors (Lipinski definition) is 4. The number of ether oxygens (including phenoxy) is 1. The normalized spacial score (nSPS) is 10.8. The number of carbonyl (C=O) groups is 2. The molecule has 0 aromatic carbocycles. The SMILES string of the molecule is C=C(C)C(=O)OC(=O)C[P+](=O)CCCCCC. The Bertz CT molecular complexity index is 310. The largest absolute Gasteiger partial charge is 0.387 e. The molecule has 96 valence electrons. The van der Waals surface area contributed by atoms with Gasteiger partial charge < -0.3 is 4.74 Å². The zero-order valence-electron chi connectivity index (χ0n) is 10.5. The molecular weight excluding hydrogens is 239 g/mol. The monoisotopic (exact) mass is 259 g/mol. The van der Waals surface area contributed by atoms with Gasteiger partial charge in [0.15, 0.2) is 0 Å². The van der Waals surface area contributed by atoms with Crippen LogP contribution in [0.25, 0.3) is 0 Å². The van der Waals surface area contributed by atoms with E-state index < -0.39 is 19.7 Å². The van der Waals surface area contributed by atoms with Crippen LogP contribution in [0.3, 0.4) is 0 Å². The van der Waals surface area contributed by atoms with Crippen LogP contribution in [0.15, 0.2) is 12.2 Å². The summed E-state index contributed by atoms with van der Waals surface area (Å²) in [5, 5.41) is 0. The maximum Gasteiger partial charge on any atom is 0.362 e. The minimum Gasteiger partial charge on any atom is -0.387 e. The highest BCUT2D eigenvalue weighted by Crippen LogP contribution is 2.22. The molecule has 0 aromatic heterocycles. The highest BCUT2D eigenvalue weighted by molar-refractivity contribution is 7.45. The Morgan fingerprint density at radius 2 is 1.88 bits per heavy atom. The lowest BCUT2D eigenvalue weighted by Gasteiger charge is -1.97. The van der Waals surface area contributed by atoms with Crippen molar-refractivity contribution in [1.82, 2.24) is 0 Å². The topological polar surface area (TPSA) is 60.4 Å². The first-order valence-electron chi connectivity index (χ1n) is 5.80. The third-order valence-corrected chi connectivity index (χ3v) is 3.55. The molecule has 0 heterocycles. The Labute approximate surface area is 103 Å². The van der Waals surface area contributed by atoms with Crippen LogP contribution in [0.5, 0.6) is 0 Å². The van der Waals surface area contributed by atoms with Gasteiger partial charge in [0.2, 0.25) is 6.16 Å². The molecule has 1 atom stereocenters. The summed E-state index contributed by atoms with van der Waals surface area (Å²) >= 11 is 0. The summed E-state index contributed by atoms with van der Waals surface area (Å²) in [6, 6.07) is 0. The van der Waals surface area contributed by atoms with Crippen molar-refractivity contribution in [2.24, 2.45) is 0 Å². The van der Waals surface area contributed by atoms with Crippen molar-refractivity contribution in [3.05, 3.63) is 12.2 Å². The van der Waals surface area contributed by atoms with Gasteiger partial charge in [-0.05, 0) is 19.8 Å². The molecule has 0 amide bonds. The van der Waals surface area contributed by atoms with E-state index in [4.69, 9.17) is 0 Å². The van der Waals surface area contributed by atoms with E-state index in [2.05, 4.69) is 18.2 Å². The lowest BCUT2D eigenvalue weighted by Crippen LogP contribution is -2.14. The Balaban J connectivity index is 3.77. The second kappa shape index (κ2) is 9.06. The molecule has 0 spiro atoms. The number of hydrogen-bond donors (Lipinski definition) is 0. The third kappa shape index (κ3) is 8.75. The van der Waals surface area contributed by atoms with Gasteiger partial charge in [-0.25, -0.2) is 9.59 Å². The van der Waals surface area contributed by atoms with Crippen molar-refractivity contribution in [2.45, 2.75) is 39.5 Å². The van der Waals surface area contributed by atoms with Crippen LogP contribution in [0.2, 0.25) is 0 Å². The van der Waals surface area contributed by atoms with E-state index in [0.29, 0.717) is 6.16 Å². The molecule has 0 saturated heterocycles. The summed E-state index contributed by atoms with van der Waals surface area (Å²) in [6.07, 6.45) is 4.45. The molecule has 0 aliphatic heterocycles. The van der Waals surface area contributed by atoms with Gasteiger partial charge in [0.1, 0.15) is 6.16 Å². The highest BCUT2D eigenvalue weighted by Gasteiger charge is 2.23. The average Bonchev–Trinajstić information content (AvgIpc) is 2.24. The Hall–Kier alpha value is -1.02. The fourth-order valence-electron chi connectivity index (χ4n) is 1.16. The molecule has 0 radical (unpaired) electrons. The van der Waals surface area contributed by atoms with Crippen molar-refractivity contribution >= 4 is 19.7 Å². The average molecular weight is 259 g/mol. The van der Waals surface area contributed by atoms with Gasteiger partial charge in [-0.2, -0.15) is 0 Å². The Morgan fingerprint density at radius 1 is 1.24 bits per heavy atom. The fraction of sp³-hybridized carbons (Fsp3) is 0.667. The number of unbranched alkanes of at least 4 members (excludes halogenated alkanes) is 3. The van der Waals surface area contributed by atoms with Gasteiger partial charge in [0, 0.05) is 5.57 Å². The summed E-state index contributed by atoms with van der Waals surface area (Å²) in [5.74, 6) is -1.47. The number of carbonyl (C=O) groups excluding carboxylic acids is 2. The van der Waals surface area contributed by atoms with Gasteiger partial charge in [-0.3, -0.25) is 0 Å². The molecular formula is C12H20O4P+. The van der Waals surface area contributed by atoms with Gasteiger partial charge >= 0.3 is 19.7 Å². The molecule has 0 aromatic rings. The third-order valence-electron chi connectivity index (χ3n) is 2.12. The quantitative estimate of drug-likeness (QED) is 0.221. The van der Waals surface area contributed by atoms with E-state index in [1.165, 1.54) is 6.92 Å². The molecule has 17 heavy (non-hydrogen) atoms. The van der Waals surface area contributed by atoms with Crippen LogP contribution in [-0.2, 0) is 18.9 Å². The van der Waals surface area contributed by atoms with E-state index in [1.807, 2.05) is 0 Å². The number of esters is 2. The van der Waals surface area contributed by atoms with Crippen LogP contribution in [0, 0.1) is 0 Å². The Kier molecular flexibility index (Phi) is 8.51. The van der Waals surface area contributed by atoms with Crippen molar-refractivity contribution in [2.75, 3.05) is 12.3 Å². The fourth-order valence-corrected chi connectivity index (χ4v) is 2.25. The molecule has 1 unspecified atom stereocenters. The summed E-state index contributed by atoms with van der Waals surface area (Å²) < 4.78 is 15.9. The second-order valence-corrected chi connectivity index (χ2v) is 5.69. The summed E-state index contributed by atoms with van der Waals surface area (Å²) in [7, 11) is -1.59. The minimum atomic E-state index is -1.59. The molecule has 4 nitrogen and oxygen atoms in total. The van der Waals surface area contributed by atoms with E-state index in [9.17, 15) is 14.2 Å². The zero-order valence-corrected chi connectivity index (χ0v) is 11.4. The molecule has 0 bridgehead atoms. The molecule has 0 N–H and O–H groups in total. The van der Waals surface area contributed by atoms with E-state index in [-0.39, 0.29) is 11.7 Å². The molecule has 0 aliphatic carbocycles.